The molecule has 0 saturated carbocycles. The SMILES string of the molecule is CCc1c(N)nc(C2CN(C)CCO2)[nH]c1=O. The van der Waals surface area contributed by atoms with Gasteiger partial charge in [-0.05, 0) is 13.5 Å². The fraction of sp³-hybridized carbons (Fsp3) is 0.636. The first-order chi connectivity index (χ1) is 8.11. The number of anilines is 1. The zero-order valence-electron chi connectivity index (χ0n) is 10.2. The van der Waals surface area contributed by atoms with Crippen LogP contribution >= 0.6 is 0 Å². The van der Waals surface area contributed by atoms with Gasteiger partial charge in [-0.2, -0.15) is 0 Å². The number of nitrogens with two attached hydrogens (primary N) is 1. The van der Waals surface area contributed by atoms with Gasteiger partial charge < -0.3 is 20.4 Å². The summed E-state index contributed by atoms with van der Waals surface area (Å²) in [5.41, 5.74) is 6.15. The molecule has 1 aliphatic heterocycles. The number of aromatic amines is 1. The monoisotopic (exact) mass is 238 g/mol. The van der Waals surface area contributed by atoms with E-state index in [4.69, 9.17) is 10.5 Å². The molecule has 0 bridgehead atoms. The number of nitrogens with zero attached hydrogens (tertiary/aromatic N) is 2. The van der Waals surface area contributed by atoms with Gasteiger partial charge in [0.2, 0.25) is 0 Å². The fourth-order valence-corrected chi connectivity index (χ4v) is 1.97. The minimum atomic E-state index is -0.199. The molecule has 0 amide bonds. The Balaban J connectivity index is 2.30. The van der Waals surface area contributed by atoms with Gasteiger partial charge in [-0.15, -0.1) is 0 Å². The van der Waals surface area contributed by atoms with E-state index in [1.54, 1.807) is 0 Å². The van der Waals surface area contributed by atoms with Crippen molar-refractivity contribution in [1.29, 1.82) is 0 Å². The van der Waals surface area contributed by atoms with E-state index in [0.717, 1.165) is 6.54 Å². The van der Waals surface area contributed by atoms with Crippen LogP contribution in [-0.2, 0) is 11.2 Å². The van der Waals surface area contributed by atoms with Gasteiger partial charge in [-0.3, -0.25) is 4.79 Å². The number of nitrogens with one attached hydrogen (secondary N) is 1. The highest BCUT2D eigenvalue weighted by Gasteiger charge is 2.22. The van der Waals surface area contributed by atoms with Crippen molar-refractivity contribution in [2.24, 2.45) is 0 Å². The van der Waals surface area contributed by atoms with Crippen LogP contribution in [0, 0.1) is 0 Å². The van der Waals surface area contributed by atoms with Crippen LogP contribution < -0.4 is 11.3 Å². The zero-order valence-corrected chi connectivity index (χ0v) is 10.2. The lowest BCUT2D eigenvalue weighted by atomic mass is 10.2. The predicted molar refractivity (Wildman–Crippen MR) is 64.8 cm³/mol. The summed E-state index contributed by atoms with van der Waals surface area (Å²) in [6, 6.07) is 0. The third-order valence-corrected chi connectivity index (χ3v) is 2.99. The molecule has 1 atom stereocenters. The minimum absolute atomic E-state index is 0.160. The van der Waals surface area contributed by atoms with Gasteiger partial charge >= 0.3 is 0 Å². The summed E-state index contributed by atoms with van der Waals surface area (Å²) in [6.07, 6.45) is 0.384. The number of hydrogen-bond donors (Lipinski definition) is 2. The molecule has 1 saturated heterocycles. The Morgan fingerprint density at radius 2 is 2.41 bits per heavy atom. The van der Waals surface area contributed by atoms with Gasteiger partial charge in [0.25, 0.3) is 5.56 Å². The Kier molecular flexibility index (Phi) is 3.44. The second-order valence-electron chi connectivity index (χ2n) is 4.29. The number of hydrogen-bond acceptors (Lipinski definition) is 5. The van der Waals surface area contributed by atoms with E-state index in [0.29, 0.717) is 36.8 Å². The maximum absolute atomic E-state index is 11.8. The smallest absolute Gasteiger partial charge is 0.256 e. The third-order valence-electron chi connectivity index (χ3n) is 2.99. The average molecular weight is 238 g/mol. The van der Waals surface area contributed by atoms with E-state index >= 15 is 0 Å². The van der Waals surface area contributed by atoms with E-state index in [9.17, 15) is 4.79 Å². The molecular formula is C11H18N4O2. The van der Waals surface area contributed by atoms with Gasteiger partial charge in [-0.25, -0.2) is 4.98 Å². The van der Waals surface area contributed by atoms with E-state index < -0.39 is 0 Å². The molecule has 1 unspecified atom stereocenters. The average Bonchev–Trinajstić information content (AvgIpc) is 2.28. The van der Waals surface area contributed by atoms with E-state index in [2.05, 4.69) is 14.9 Å². The van der Waals surface area contributed by atoms with Gasteiger partial charge in [0.15, 0.2) is 0 Å². The molecule has 6 nitrogen and oxygen atoms in total. The Morgan fingerprint density at radius 3 is 3.00 bits per heavy atom. The molecule has 1 aromatic heterocycles. The lowest BCUT2D eigenvalue weighted by Gasteiger charge is -2.29. The van der Waals surface area contributed by atoms with Crippen molar-refractivity contribution in [3.05, 3.63) is 21.7 Å². The zero-order chi connectivity index (χ0) is 12.4. The summed E-state index contributed by atoms with van der Waals surface area (Å²) in [5, 5.41) is 0. The first kappa shape index (κ1) is 12.1. The van der Waals surface area contributed by atoms with Crippen LogP contribution in [0.2, 0.25) is 0 Å². The summed E-state index contributed by atoms with van der Waals surface area (Å²) in [6.45, 7) is 4.13. The number of nitrogen functional groups attached to an aromatic ring is 1. The molecule has 3 N–H and O–H groups in total. The van der Waals surface area contributed by atoms with Gasteiger partial charge in [-0.1, -0.05) is 6.92 Å². The van der Waals surface area contributed by atoms with E-state index in [1.165, 1.54) is 0 Å². The highest BCUT2D eigenvalue weighted by atomic mass is 16.5. The van der Waals surface area contributed by atoms with E-state index in [-0.39, 0.29) is 11.7 Å². The molecule has 0 spiro atoms. The van der Waals surface area contributed by atoms with Crippen LogP contribution in [-0.4, -0.2) is 41.6 Å². The van der Waals surface area contributed by atoms with Crippen molar-refractivity contribution in [2.75, 3.05) is 32.5 Å². The maximum Gasteiger partial charge on any atom is 0.256 e. The van der Waals surface area contributed by atoms with Crippen LogP contribution in [0.5, 0.6) is 0 Å². The number of rotatable bonds is 2. The second-order valence-corrected chi connectivity index (χ2v) is 4.29. The molecule has 0 radical (unpaired) electrons. The Bertz CT molecular complexity index is 457. The molecular weight excluding hydrogens is 220 g/mol. The summed E-state index contributed by atoms with van der Waals surface area (Å²) in [7, 11) is 2.01. The Labute approximate surface area is 99.8 Å². The molecule has 17 heavy (non-hydrogen) atoms. The van der Waals surface area contributed by atoms with Crippen LogP contribution in [0.4, 0.5) is 5.82 Å². The van der Waals surface area contributed by atoms with Crippen molar-refractivity contribution < 1.29 is 4.74 Å². The predicted octanol–water partition coefficient (Wildman–Crippen LogP) is -0.0824. The number of likely N-dealkylation sites (N-methyl/N-ethyl adjacent to an activating group) is 1. The lowest BCUT2D eigenvalue weighted by molar-refractivity contribution is -0.0255. The lowest BCUT2D eigenvalue weighted by Crippen LogP contribution is -2.37. The molecule has 2 rings (SSSR count). The number of H-pyrrole nitrogens is 1. The second kappa shape index (κ2) is 4.85. The van der Waals surface area contributed by atoms with Crippen LogP contribution in [0.15, 0.2) is 4.79 Å². The summed E-state index contributed by atoms with van der Waals surface area (Å²) in [5.74, 6) is 0.833. The van der Waals surface area contributed by atoms with Gasteiger partial charge in [0.05, 0.1) is 12.2 Å². The summed E-state index contributed by atoms with van der Waals surface area (Å²) >= 11 is 0. The molecule has 0 aliphatic carbocycles. The molecule has 0 aromatic carbocycles. The fourth-order valence-electron chi connectivity index (χ4n) is 1.97. The molecule has 1 fully saturated rings. The summed E-state index contributed by atoms with van der Waals surface area (Å²) in [4.78, 5) is 20.9. The standard InChI is InChI=1S/C11H18N4O2/c1-3-7-9(12)13-10(14-11(7)16)8-6-15(2)4-5-17-8/h8H,3-6H2,1-2H3,(H3,12,13,14,16). The highest BCUT2D eigenvalue weighted by molar-refractivity contribution is 5.37. The number of aromatic nitrogens is 2. The Morgan fingerprint density at radius 1 is 1.65 bits per heavy atom. The normalized spacial score (nSPS) is 21.6. The largest absolute Gasteiger partial charge is 0.383 e. The van der Waals surface area contributed by atoms with Crippen molar-refractivity contribution >= 4 is 5.82 Å². The van der Waals surface area contributed by atoms with Gasteiger partial charge in [0, 0.05) is 13.1 Å². The van der Waals surface area contributed by atoms with Crippen LogP contribution in [0.25, 0.3) is 0 Å². The minimum Gasteiger partial charge on any atom is -0.383 e. The van der Waals surface area contributed by atoms with Crippen molar-refractivity contribution in [2.45, 2.75) is 19.4 Å². The third kappa shape index (κ3) is 2.48. The molecule has 6 heteroatoms. The Hall–Kier alpha value is -1.40. The van der Waals surface area contributed by atoms with E-state index in [1.807, 2.05) is 14.0 Å². The topological polar surface area (TPSA) is 84.2 Å². The maximum atomic E-state index is 11.8. The van der Waals surface area contributed by atoms with Crippen LogP contribution in [0.1, 0.15) is 24.4 Å². The molecule has 94 valence electrons. The molecule has 2 heterocycles. The number of morpholine rings is 1. The highest BCUT2D eigenvalue weighted by Crippen LogP contribution is 2.18. The van der Waals surface area contributed by atoms with Crippen molar-refractivity contribution in [3.63, 3.8) is 0 Å². The van der Waals surface area contributed by atoms with Crippen molar-refractivity contribution in [1.82, 2.24) is 14.9 Å². The molecule has 1 aliphatic rings. The number of ether oxygens (including phenoxy) is 1. The first-order valence-electron chi connectivity index (χ1n) is 5.80. The van der Waals surface area contributed by atoms with Crippen molar-refractivity contribution in [3.8, 4) is 0 Å². The van der Waals surface area contributed by atoms with Crippen LogP contribution in [0.3, 0.4) is 0 Å². The quantitative estimate of drug-likeness (QED) is 0.752. The van der Waals surface area contributed by atoms with Gasteiger partial charge in [0.1, 0.15) is 17.7 Å². The first-order valence-corrected chi connectivity index (χ1v) is 5.80. The summed E-state index contributed by atoms with van der Waals surface area (Å²) < 4.78 is 5.59. The molecule has 1 aromatic rings.